The van der Waals surface area contributed by atoms with Crippen LogP contribution in [0.4, 0.5) is 0 Å². The predicted molar refractivity (Wildman–Crippen MR) is 256 cm³/mol. The number of nitrogens with zero attached hydrogens (tertiary/aromatic N) is 1. The molecule has 0 aromatic rings. The first-order valence-corrected chi connectivity index (χ1v) is 25.3. The van der Waals surface area contributed by atoms with Crippen molar-refractivity contribution in [3.8, 4) is 0 Å². The first-order chi connectivity index (χ1) is 31.3. The molecule has 1 aliphatic carbocycles. The fourth-order valence-corrected chi connectivity index (χ4v) is 11.1. The van der Waals surface area contributed by atoms with Crippen LogP contribution in [0.3, 0.4) is 0 Å². The Kier molecular flexibility index (Phi) is 21.7. The van der Waals surface area contributed by atoms with E-state index in [1.807, 2.05) is 71.9 Å². The molecule has 1 saturated carbocycles. The van der Waals surface area contributed by atoms with Gasteiger partial charge >= 0.3 is 5.97 Å². The monoisotopic (exact) mass is 924 g/mol. The summed E-state index contributed by atoms with van der Waals surface area (Å²) in [6, 6.07) is -1.09. The maximum Gasteiger partial charge on any atom is 0.329 e. The highest BCUT2D eigenvalue weighted by molar-refractivity contribution is 6.39. The lowest BCUT2D eigenvalue weighted by molar-refractivity contribution is -0.265. The van der Waals surface area contributed by atoms with Crippen LogP contribution in [0.15, 0.2) is 47.6 Å². The van der Waals surface area contributed by atoms with Gasteiger partial charge in [-0.3, -0.25) is 19.2 Å². The number of allylic oxidation sites excluding steroid dienone is 6. The molecule has 15 atom stereocenters. The van der Waals surface area contributed by atoms with E-state index in [1.165, 1.54) is 4.90 Å². The molecule has 1 amide bonds. The van der Waals surface area contributed by atoms with E-state index >= 15 is 0 Å². The Labute approximate surface area is 396 Å². The van der Waals surface area contributed by atoms with Gasteiger partial charge in [0.15, 0.2) is 5.78 Å². The van der Waals surface area contributed by atoms with Gasteiger partial charge in [-0.15, -0.1) is 0 Å². The van der Waals surface area contributed by atoms with Crippen LogP contribution in [0.1, 0.15) is 152 Å². The number of aliphatic hydroxyl groups is 2. The van der Waals surface area contributed by atoms with Crippen LogP contribution in [-0.4, -0.2) is 107 Å². The number of Topliss-reactive ketones (excluding diaryl/α,β-unsaturated/α-hetero) is 3. The van der Waals surface area contributed by atoms with E-state index < -0.39 is 71.8 Å². The summed E-state index contributed by atoms with van der Waals surface area (Å²) in [4.78, 5) is 72.5. The van der Waals surface area contributed by atoms with Gasteiger partial charge in [0.25, 0.3) is 11.7 Å². The SMILES string of the molecule is CC[C@@H]1CC[C@@H](C[C@@H](C)[C@@H]2CC(=O)[C@H](C)/C=C(\C)[C@@H](CC)[C@@H](OC)C(=O)[C@H](C)C[C@H](C)/C=C/C=C/C=C(\C)[C@@H](OC)C[C@@H]3CC[C@@H](C)[C@@](O)(O3)C(=O)C(=O)N3CCCC[C@H]3C(=O)O2)C[C@H]1O. The summed E-state index contributed by atoms with van der Waals surface area (Å²) in [5, 5.41) is 22.9. The lowest BCUT2D eigenvalue weighted by Crippen LogP contribution is -2.61. The minimum atomic E-state index is -2.40. The Hall–Kier alpha value is -3.29. The van der Waals surface area contributed by atoms with E-state index in [0.29, 0.717) is 57.8 Å². The quantitative estimate of drug-likeness (QED) is 0.142. The van der Waals surface area contributed by atoms with Crippen molar-refractivity contribution >= 4 is 29.2 Å². The second-order valence-corrected chi connectivity index (χ2v) is 20.6. The van der Waals surface area contributed by atoms with Crippen LogP contribution in [0.2, 0.25) is 0 Å². The minimum absolute atomic E-state index is 0.0191. The van der Waals surface area contributed by atoms with Gasteiger partial charge in [0.05, 0.1) is 18.3 Å². The van der Waals surface area contributed by atoms with E-state index in [9.17, 15) is 34.2 Å². The number of ether oxygens (including phenoxy) is 4. The topological polar surface area (TPSA) is 166 Å². The molecule has 12 nitrogen and oxygen atoms in total. The van der Waals surface area contributed by atoms with Gasteiger partial charge in [0, 0.05) is 57.3 Å². The van der Waals surface area contributed by atoms with Crippen LogP contribution < -0.4 is 0 Å². The molecule has 2 saturated heterocycles. The molecule has 0 radical (unpaired) electrons. The molecule has 66 heavy (non-hydrogen) atoms. The van der Waals surface area contributed by atoms with Crippen molar-refractivity contribution in [3.63, 3.8) is 0 Å². The Morgan fingerprint density at radius 1 is 0.864 bits per heavy atom. The molecule has 3 heterocycles. The Balaban J connectivity index is 1.72. The smallest absolute Gasteiger partial charge is 0.329 e. The average molecular weight is 924 g/mol. The lowest BCUT2D eigenvalue weighted by Gasteiger charge is -2.42. The van der Waals surface area contributed by atoms with Gasteiger partial charge in [-0.25, -0.2) is 4.79 Å². The summed E-state index contributed by atoms with van der Waals surface area (Å²) in [7, 11) is 3.16. The maximum atomic E-state index is 14.4. The van der Waals surface area contributed by atoms with Gasteiger partial charge in [-0.05, 0) is 114 Å². The van der Waals surface area contributed by atoms with Crippen molar-refractivity contribution in [2.75, 3.05) is 20.8 Å². The average Bonchev–Trinajstić information content (AvgIpc) is 3.29. The molecule has 372 valence electrons. The number of hydrogen-bond donors (Lipinski definition) is 2. The normalized spacial score (nSPS) is 40.0. The number of fused-ring (bicyclic) bond motifs is 3. The molecular formula is C54H85NO11. The van der Waals surface area contributed by atoms with Gasteiger partial charge in [0.2, 0.25) is 5.79 Å². The van der Waals surface area contributed by atoms with E-state index in [2.05, 4.69) is 19.9 Å². The summed E-state index contributed by atoms with van der Waals surface area (Å²) in [6.45, 7) is 17.6. The molecule has 3 aliphatic heterocycles. The number of piperidine rings is 1. The third-order valence-electron chi connectivity index (χ3n) is 15.5. The van der Waals surface area contributed by atoms with Gasteiger partial charge in [0.1, 0.15) is 24.0 Å². The standard InChI is InChI=1S/C54H85NO11/c1-12-41-24-23-40(30-46(41)57)29-37(7)48-32-45(56)36(6)28-35(5)43(13-2)50(64-11)49(58)38(8)27-33(3)19-15-14-16-20-34(4)47(63-10)31-42-25-22-39(9)54(62,66-42)51(59)52(60)55-26-18-17-21-44(55)53(61)65-48/h14-16,19-20,28,33,36-44,46-48,50,57,62H,12-13,17-18,21-27,29-32H2,1-11H3/b16-14+,19-15+,34-20+,35-28+/t33-,36-,37-,38-,39-,40+,41-,42+,43-,44+,46-,47+,48+,50-,54-/m1/s1. The van der Waals surface area contributed by atoms with E-state index in [1.54, 1.807) is 21.1 Å². The fraction of sp³-hybridized carbons (Fsp3) is 0.759. The predicted octanol–water partition coefficient (Wildman–Crippen LogP) is 8.86. The minimum Gasteiger partial charge on any atom is -0.460 e. The molecule has 2 N–H and O–H groups in total. The second kappa shape index (κ2) is 25.9. The number of methoxy groups -OCH3 is 2. The summed E-state index contributed by atoms with van der Waals surface area (Å²) in [5.41, 5.74) is 1.78. The number of amides is 1. The first kappa shape index (κ1) is 55.3. The molecule has 4 rings (SSSR count). The molecule has 4 aliphatic rings. The molecule has 3 fully saturated rings. The number of carbonyl (C=O) groups excluding carboxylic acids is 5. The van der Waals surface area contributed by atoms with Gasteiger partial charge in [-0.2, -0.15) is 0 Å². The summed E-state index contributed by atoms with van der Waals surface area (Å²) >= 11 is 0. The highest BCUT2D eigenvalue weighted by Crippen LogP contribution is 2.39. The van der Waals surface area contributed by atoms with Crippen LogP contribution in [0.25, 0.3) is 0 Å². The zero-order chi connectivity index (χ0) is 48.9. The van der Waals surface area contributed by atoms with E-state index in [-0.39, 0.29) is 66.5 Å². The third-order valence-corrected chi connectivity index (χ3v) is 15.5. The lowest BCUT2D eigenvalue weighted by atomic mass is 9.74. The molecule has 0 spiro atoms. The van der Waals surface area contributed by atoms with Crippen LogP contribution >= 0.6 is 0 Å². The Morgan fingerprint density at radius 2 is 1.59 bits per heavy atom. The highest BCUT2D eigenvalue weighted by atomic mass is 16.6. The first-order valence-electron chi connectivity index (χ1n) is 25.3. The summed E-state index contributed by atoms with van der Waals surface area (Å²) in [5.74, 6) is -6.82. The van der Waals surface area contributed by atoms with Gasteiger partial charge < -0.3 is 34.1 Å². The van der Waals surface area contributed by atoms with E-state index in [4.69, 9.17) is 18.9 Å². The van der Waals surface area contributed by atoms with Crippen molar-refractivity contribution in [3.05, 3.63) is 47.6 Å². The second-order valence-electron chi connectivity index (χ2n) is 20.6. The van der Waals surface area contributed by atoms with E-state index in [0.717, 1.165) is 30.4 Å². The van der Waals surface area contributed by atoms with Crippen LogP contribution in [0, 0.1) is 47.3 Å². The number of rotatable bonds is 7. The molecular weight excluding hydrogens is 839 g/mol. The van der Waals surface area contributed by atoms with Crippen molar-refractivity contribution < 1.29 is 53.1 Å². The molecule has 12 heteroatoms. The third kappa shape index (κ3) is 14.4. The van der Waals surface area contributed by atoms with Crippen molar-refractivity contribution in [2.45, 2.75) is 195 Å². The number of ketones is 3. The van der Waals surface area contributed by atoms with Crippen molar-refractivity contribution in [1.29, 1.82) is 0 Å². The molecule has 0 aromatic carbocycles. The number of carbonyl (C=O) groups is 5. The largest absolute Gasteiger partial charge is 0.460 e. The van der Waals surface area contributed by atoms with Gasteiger partial charge in [-0.1, -0.05) is 96.9 Å². The fourth-order valence-electron chi connectivity index (χ4n) is 11.1. The zero-order valence-corrected chi connectivity index (χ0v) is 42.2. The number of hydrogen-bond acceptors (Lipinski definition) is 11. The van der Waals surface area contributed by atoms with Crippen molar-refractivity contribution in [2.24, 2.45) is 47.3 Å². The van der Waals surface area contributed by atoms with Crippen molar-refractivity contribution in [1.82, 2.24) is 4.90 Å². The highest BCUT2D eigenvalue weighted by Gasteiger charge is 2.53. The zero-order valence-electron chi connectivity index (χ0n) is 42.2. The number of cyclic esters (lactones) is 1. The Bertz CT molecular complexity index is 1770. The number of aliphatic hydroxyl groups excluding tert-OH is 1. The molecule has 2 bridgehead atoms. The number of esters is 1. The van der Waals surface area contributed by atoms with Crippen LogP contribution in [0.5, 0.6) is 0 Å². The molecule has 0 unspecified atom stereocenters. The summed E-state index contributed by atoms with van der Waals surface area (Å²) in [6.07, 6.45) is 16.8. The maximum absolute atomic E-state index is 14.4. The van der Waals surface area contributed by atoms with Crippen LogP contribution in [-0.2, 0) is 42.9 Å². The summed E-state index contributed by atoms with van der Waals surface area (Å²) < 4.78 is 24.3. The Morgan fingerprint density at radius 3 is 2.24 bits per heavy atom. The molecule has 0 aromatic heterocycles.